The standard InChI is InChI=1S/C59H90BF9NO3/c1-5-9-13-17-21-22-23-24-25-26-30-34-55(70(45-31-27-18-14-10-6-2,46-32-28-19-15-11-7-3)47-33-29-20-16-12-8-4)54-48-51(59(67,68)69)39-44-56(54)73-60(71-52-40-35-49(36-41-52)57(61,62)63)72-53-42-37-50(38-43-53)58(64,65)66/h35-44,48,55H,5-34,45-47H2,1-4H3/q+1. The van der Waals surface area contributed by atoms with Crippen LogP contribution in [-0.4, -0.2) is 31.4 Å². The summed E-state index contributed by atoms with van der Waals surface area (Å²) >= 11 is 0. The molecule has 1 unspecified atom stereocenters. The van der Waals surface area contributed by atoms with E-state index in [-0.39, 0.29) is 17.2 Å². The van der Waals surface area contributed by atoms with Gasteiger partial charge in [-0.3, -0.25) is 0 Å². The molecule has 0 radical (unpaired) electrons. The van der Waals surface area contributed by atoms with Crippen molar-refractivity contribution in [3.8, 4) is 17.2 Å². The maximum absolute atomic E-state index is 15.1. The van der Waals surface area contributed by atoms with Crippen molar-refractivity contribution in [3.05, 3.63) is 89.0 Å². The fraction of sp³-hybridized carbons (Fsp3) is 0.695. The zero-order valence-electron chi connectivity index (χ0n) is 44.9. The van der Waals surface area contributed by atoms with Crippen LogP contribution in [0.5, 0.6) is 17.2 Å². The number of nitrogens with zero attached hydrogens (tertiary/aromatic N) is 1. The monoisotopic (exact) mass is 1040 g/mol. The van der Waals surface area contributed by atoms with Crippen molar-refractivity contribution in [3.63, 3.8) is 0 Å². The fourth-order valence-corrected chi connectivity index (χ4v) is 10.1. The van der Waals surface area contributed by atoms with Gasteiger partial charge < -0.3 is 18.4 Å². The molecular formula is C59H90BF9NO3+. The summed E-state index contributed by atoms with van der Waals surface area (Å²) in [6.07, 6.45) is 18.1. The summed E-state index contributed by atoms with van der Waals surface area (Å²) in [5.74, 6) is -0.174. The van der Waals surface area contributed by atoms with Crippen molar-refractivity contribution >= 4 is 7.32 Å². The van der Waals surface area contributed by atoms with Crippen LogP contribution in [0.15, 0.2) is 66.7 Å². The third-order valence-corrected chi connectivity index (χ3v) is 14.4. The second kappa shape index (κ2) is 34.9. The molecule has 0 saturated carbocycles. The largest absolute Gasteiger partial charge is 0.864 e. The van der Waals surface area contributed by atoms with Crippen LogP contribution in [0.25, 0.3) is 0 Å². The van der Waals surface area contributed by atoms with Crippen LogP contribution < -0.4 is 14.0 Å². The van der Waals surface area contributed by atoms with Gasteiger partial charge >= 0.3 is 25.9 Å². The zero-order valence-corrected chi connectivity index (χ0v) is 44.9. The van der Waals surface area contributed by atoms with Gasteiger partial charge in [-0.1, -0.05) is 169 Å². The summed E-state index contributed by atoms with van der Waals surface area (Å²) in [6.45, 7) is 11.1. The molecule has 0 spiro atoms. The molecule has 3 aromatic rings. The number of alkyl halides is 9. The molecule has 0 aliphatic rings. The molecule has 1 atom stereocenters. The first-order chi connectivity index (χ1) is 35.0. The van der Waals surface area contributed by atoms with Gasteiger partial charge in [0.05, 0.1) is 41.9 Å². The lowest BCUT2D eigenvalue weighted by Crippen LogP contribution is -2.53. The van der Waals surface area contributed by atoms with E-state index in [1.54, 1.807) is 0 Å². The van der Waals surface area contributed by atoms with E-state index >= 15 is 13.2 Å². The maximum Gasteiger partial charge on any atom is 0.864 e. The predicted molar refractivity (Wildman–Crippen MR) is 281 cm³/mol. The van der Waals surface area contributed by atoms with Crippen LogP contribution in [0.2, 0.25) is 0 Å². The fourth-order valence-electron chi connectivity index (χ4n) is 10.1. The molecule has 0 N–H and O–H groups in total. The summed E-state index contributed by atoms with van der Waals surface area (Å²) < 4.78 is 146. The Bertz CT molecular complexity index is 1750. The minimum atomic E-state index is -4.70. The van der Waals surface area contributed by atoms with Crippen LogP contribution in [0.3, 0.4) is 0 Å². The third kappa shape index (κ3) is 25.2. The van der Waals surface area contributed by atoms with E-state index in [4.69, 9.17) is 14.0 Å². The summed E-state index contributed by atoms with van der Waals surface area (Å²) in [6, 6.07) is 10.6. The molecule has 3 rings (SSSR count). The molecule has 3 aromatic carbocycles. The summed E-state index contributed by atoms with van der Waals surface area (Å²) in [5, 5.41) is 0. The molecule has 0 aliphatic heterocycles. The first-order valence-corrected chi connectivity index (χ1v) is 28.4. The molecule has 0 heterocycles. The molecule has 14 heteroatoms. The zero-order chi connectivity index (χ0) is 53.4. The Morgan fingerprint density at radius 3 is 1.00 bits per heavy atom. The van der Waals surface area contributed by atoms with E-state index in [1.807, 2.05) is 0 Å². The lowest BCUT2D eigenvalue weighted by atomic mass is 9.91. The van der Waals surface area contributed by atoms with Crippen molar-refractivity contribution in [2.75, 3.05) is 19.6 Å². The first kappa shape index (κ1) is 63.7. The number of quaternary nitrogens is 1. The second-order valence-electron chi connectivity index (χ2n) is 20.5. The van der Waals surface area contributed by atoms with Crippen LogP contribution in [0.4, 0.5) is 39.5 Å². The van der Waals surface area contributed by atoms with E-state index in [2.05, 4.69) is 27.7 Å². The Labute approximate surface area is 434 Å². The van der Waals surface area contributed by atoms with E-state index in [0.29, 0.717) is 16.5 Å². The molecule has 4 nitrogen and oxygen atoms in total. The summed E-state index contributed by atoms with van der Waals surface area (Å²) in [7, 11) is -1.83. The number of rotatable bonds is 41. The minimum absolute atomic E-state index is 0.0567. The van der Waals surface area contributed by atoms with E-state index in [9.17, 15) is 26.3 Å². The number of benzene rings is 3. The maximum atomic E-state index is 15.1. The summed E-state index contributed by atoms with van der Waals surface area (Å²) in [4.78, 5) is 0. The highest BCUT2D eigenvalue weighted by molar-refractivity contribution is 6.39. The lowest BCUT2D eigenvalue weighted by Gasteiger charge is -2.46. The average Bonchev–Trinajstić information content (AvgIpc) is 3.34. The number of halogens is 9. The predicted octanol–water partition coefficient (Wildman–Crippen LogP) is 20.9. The van der Waals surface area contributed by atoms with Crippen molar-refractivity contribution in [2.45, 2.75) is 245 Å². The molecule has 0 aromatic heterocycles. The number of hydrogen-bond donors (Lipinski definition) is 0. The van der Waals surface area contributed by atoms with Gasteiger partial charge in [-0.25, -0.2) is 0 Å². The molecule has 0 bridgehead atoms. The first-order valence-electron chi connectivity index (χ1n) is 28.4. The lowest BCUT2D eigenvalue weighted by molar-refractivity contribution is -0.958. The molecule has 0 saturated heterocycles. The summed E-state index contributed by atoms with van der Waals surface area (Å²) in [5.41, 5.74) is -2.36. The van der Waals surface area contributed by atoms with E-state index in [1.165, 1.54) is 50.7 Å². The average molecular weight is 1040 g/mol. The Hall–Kier alpha value is -3.55. The Morgan fingerprint density at radius 1 is 0.370 bits per heavy atom. The van der Waals surface area contributed by atoms with Crippen molar-refractivity contribution in [1.29, 1.82) is 0 Å². The quantitative estimate of drug-likeness (QED) is 0.0245. The van der Waals surface area contributed by atoms with Gasteiger partial charge in [0.1, 0.15) is 23.3 Å². The van der Waals surface area contributed by atoms with Gasteiger partial charge in [0.2, 0.25) is 0 Å². The van der Waals surface area contributed by atoms with Crippen molar-refractivity contribution in [2.24, 2.45) is 0 Å². The SMILES string of the molecule is CCCCCCCCCCCCCC(c1cc(C(F)(F)F)ccc1OB(Oc1ccc(C(F)(F)F)cc1)Oc1ccc(C(F)(F)F)cc1)[N+](CCCCCCCC)(CCCCCCCC)CCCCCCCC. The highest BCUT2D eigenvalue weighted by Gasteiger charge is 2.43. The Morgan fingerprint density at radius 2 is 0.671 bits per heavy atom. The normalized spacial score (nSPS) is 12.8. The van der Waals surface area contributed by atoms with Gasteiger partial charge in [-0.2, -0.15) is 39.5 Å². The second-order valence-corrected chi connectivity index (χ2v) is 20.5. The highest BCUT2D eigenvalue weighted by atomic mass is 19.4. The molecule has 73 heavy (non-hydrogen) atoms. The topological polar surface area (TPSA) is 27.7 Å². The van der Waals surface area contributed by atoms with E-state index in [0.717, 1.165) is 222 Å². The molecular weight excluding hydrogens is 952 g/mol. The smallest absolute Gasteiger partial charge is 0.490 e. The van der Waals surface area contributed by atoms with Crippen LogP contribution in [0.1, 0.15) is 249 Å². The molecule has 0 aliphatic carbocycles. The van der Waals surface area contributed by atoms with Gasteiger partial charge in [0.15, 0.2) is 0 Å². The molecule has 0 fully saturated rings. The van der Waals surface area contributed by atoms with Crippen molar-refractivity contribution in [1.82, 2.24) is 0 Å². The van der Waals surface area contributed by atoms with Gasteiger partial charge in [0, 0.05) is 6.42 Å². The van der Waals surface area contributed by atoms with Gasteiger partial charge in [0.25, 0.3) is 0 Å². The van der Waals surface area contributed by atoms with Crippen LogP contribution in [0, 0.1) is 0 Å². The Kier molecular flexibility index (Phi) is 30.5. The van der Waals surface area contributed by atoms with E-state index < -0.39 is 48.6 Å². The molecule has 414 valence electrons. The van der Waals surface area contributed by atoms with Gasteiger partial charge in [-0.05, 0) is 112 Å². The van der Waals surface area contributed by atoms with Crippen LogP contribution in [-0.2, 0) is 18.5 Å². The van der Waals surface area contributed by atoms with Crippen LogP contribution >= 0.6 is 0 Å². The minimum Gasteiger partial charge on any atom is -0.490 e. The third-order valence-electron chi connectivity index (χ3n) is 14.4. The Balaban J connectivity index is 2.23. The number of hydrogen-bond acceptors (Lipinski definition) is 3. The molecule has 0 amide bonds. The number of unbranched alkanes of at least 4 members (excludes halogenated alkanes) is 25. The van der Waals surface area contributed by atoms with Crippen molar-refractivity contribution < 1.29 is 58.0 Å². The van der Waals surface area contributed by atoms with Gasteiger partial charge in [-0.15, -0.1) is 0 Å². The highest BCUT2D eigenvalue weighted by Crippen LogP contribution is 2.44.